The van der Waals surface area contributed by atoms with Crippen molar-refractivity contribution in [1.29, 1.82) is 0 Å². The predicted octanol–water partition coefficient (Wildman–Crippen LogP) is 1.27. The lowest BCUT2D eigenvalue weighted by atomic mass is 9.95. The second kappa shape index (κ2) is 6.55. The number of nitrogen functional groups attached to an aromatic ring is 1. The van der Waals surface area contributed by atoms with Gasteiger partial charge in [-0.2, -0.15) is 5.10 Å². The Balaban J connectivity index is 2.14. The molecule has 0 saturated heterocycles. The SMILES string of the molecule is Nc1[nH]c(=O)c(C(=O)O)c(-c2ccc(Cn3cccn3)cc2)c1C(=O)O. The molecule has 0 unspecified atom stereocenters. The molecular formula is C17H14N4O5. The number of aromatic carboxylic acids is 2. The second-order valence-electron chi connectivity index (χ2n) is 5.50. The van der Waals surface area contributed by atoms with E-state index in [2.05, 4.69) is 10.1 Å². The second-order valence-corrected chi connectivity index (χ2v) is 5.50. The van der Waals surface area contributed by atoms with Crippen LogP contribution < -0.4 is 11.3 Å². The molecule has 0 aliphatic heterocycles. The van der Waals surface area contributed by atoms with Crippen LogP contribution in [0.15, 0.2) is 47.5 Å². The molecule has 2 aromatic heterocycles. The lowest BCUT2D eigenvalue weighted by Crippen LogP contribution is -2.24. The summed E-state index contributed by atoms with van der Waals surface area (Å²) in [7, 11) is 0. The summed E-state index contributed by atoms with van der Waals surface area (Å²) in [6.07, 6.45) is 3.43. The van der Waals surface area contributed by atoms with E-state index >= 15 is 0 Å². The van der Waals surface area contributed by atoms with E-state index in [9.17, 15) is 24.6 Å². The molecule has 1 aromatic carbocycles. The first-order valence-corrected chi connectivity index (χ1v) is 7.47. The summed E-state index contributed by atoms with van der Waals surface area (Å²) in [5.74, 6) is -3.37. The van der Waals surface area contributed by atoms with E-state index in [0.717, 1.165) is 5.56 Å². The summed E-state index contributed by atoms with van der Waals surface area (Å²) in [5, 5.41) is 22.9. The number of nitrogens with two attached hydrogens (primary N) is 1. The molecular weight excluding hydrogens is 340 g/mol. The van der Waals surface area contributed by atoms with Crippen molar-refractivity contribution in [3.8, 4) is 11.1 Å². The molecule has 3 rings (SSSR count). The first-order chi connectivity index (χ1) is 12.4. The average molecular weight is 354 g/mol. The van der Waals surface area contributed by atoms with Crippen LogP contribution in [0.3, 0.4) is 0 Å². The molecule has 26 heavy (non-hydrogen) atoms. The van der Waals surface area contributed by atoms with Gasteiger partial charge in [0.1, 0.15) is 16.9 Å². The van der Waals surface area contributed by atoms with E-state index in [1.165, 1.54) is 0 Å². The largest absolute Gasteiger partial charge is 0.478 e. The Morgan fingerprint density at radius 3 is 2.31 bits per heavy atom. The number of aromatic amines is 1. The number of aromatic nitrogens is 3. The summed E-state index contributed by atoms with van der Waals surface area (Å²) in [4.78, 5) is 37.2. The van der Waals surface area contributed by atoms with Gasteiger partial charge >= 0.3 is 11.9 Å². The summed E-state index contributed by atoms with van der Waals surface area (Å²) in [6, 6.07) is 8.28. The average Bonchev–Trinajstić information content (AvgIpc) is 3.07. The molecule has 0 bridgehead atoms. The minimum Gasteiger partial charge on any atom is -0.478 e. The molecule has 9 heteroatoms. The maximum atomic E-state index is 12.0. The maximum absolute atomic E-state index is 12.0. The maximum Gasteiger partial charge on any atom is 0.342 e. The van der Waals surface area contributed by atoms with E-state index in [4.69, 9.17) is 5.73 Å². The van der Waals surface area contributed by atoms with E-state index in [1.54, 1.807) is 47.4 Å². The number of pyridine rings is 1. The van der Waals surface area contributed by atoms with Gasteiger partial charge in [-0.25, -0.2) is 9.59 Å². The molecule has 0 aliphatic rings. The quantitative estimate of drug-likeness (QED) is 0.538. The van der Waals surface area contributed by atoms with Crippen LogP contribution in [0.2, 0.25) is 0 Å². The number of nitrogens with zero attached hydrogens (tertiary/aromatic N) is 2. The van der Waals surface area contributed by atoms with Gasteiger partial charge in [-0.1, -0.05) is 24.3 Å². The monoisotopic (exact) mass is 354 g/mol. The van der Waals surface area contributed by atoms with Crippen molar-refractivity contribution >= 4 is 17.8 Å². The Kier molecular flexibility index (Phi) is 4.27. The number of carboxylic acid groups (broad SMARTS) is 2. The molecule has 0 amide bonds. The van der Waals surface area contributed by atoms with Crippen LogP contribution in [0, 0.1) is 0 Å². The molecule has 132 valence electrons. The predicted molar refractivity (Wildman–Crippen MR) is 92.2 cm³/mol. The third-order valence-corrected chi connectivity index (χ3v) is 3.82. The smallest absolute Gasteiger partial charge is 0.342 e. The molecule has 0 aliphatic carbocycles. The van der Waals surface area contributed by atoms with Crippen molar-refractivity contribution in [2.75, 3.05) is 5.73 Å². The number of H-pyrrole nitrogens is 1. The third-order valence-electron chi connectivity index (χ3n) is 3.82. The first-order valence-electron chi connectivity index (χ1n) is 7.47. The van der Waals surface area contributed by atoms with Crippen LogP contribution in [-0.2, 0) is 6.54 Å². The standard InChI is InChI=1S/C17H14N4O5/c18-14-12(16(23)24)11(13(17(25)26)15(22)20-14)10-4-2-9(3-5-10)8-21-7-1-6-19-21/h1-7H,8H2,(H,23,24)(H,25,26)(H3,18,20,22). The number of anilines is 1. The highest BCUT2D eigenvalue weighted by atomic mass is 16.4. The zero-order valence-corrected chi connectivity index (χ0v) is 13.3. The van der Waals surface area contributed by atoms with E-state index < -0.39 is 34.4 Å². The van der Waals surface area contributed by atoms with Crippen molar-refractivity contribution < 1.29 is 19.8 Å². The highest BCUT2D eigenvalue weighted by Gasteiger charge is 2.26. The van der Waals surface area contributed by atoms with Gasteiger partial charge in [-0.3, -0.25) is 9.48 Å². The third kappa shape index (κ3) is 3.05. The van der Waals surface area contributed by atoms with Gasteiger partial charge in [0.2, 0.25) is 0 Å². The molecule has 0 spiro atoms. The molecule has 0 saturated carbocycles. The number of nitrogens with one attached hydrogen (secondary N) is 1. The molecule has 3 aromatic rings. The van der Waals surface area contributed by atoms with Gasteiger partial charge < -0.3 is 20.9 Å². The highest BCUT2D eigenvalue weighted by molar-refractivity contribution is 6.07. The Morgan fingerprint density at radius 1 is 1.12 bits per heavy atom. The fraction of sp³-hybridized carbons (Fsp3) is 0.0588. The van der Waals surface area contributed by atoms with Crippen LogP contribution in [0.1, 0.15) is 26.3 Å². The minimum atomic E-state index is -1.54. The van der Waals surface area contributed by atoms with Crippen LogP contribution in [0.25, 0.3) is 11.1 Å². The van der Waals surface area contributed by atoms with Crippen molar-refractivity contribution in [3.05, 3.63) is 69.8 Å². The Bertz CT molecular complexity index is 1040. The minimum absolute atomic E-state index is 0.225. The summed E-state index contributed by atoms with van der Waals surface area (Å²) < 4.78 is 1.70. The molecule has 0 radical (unpaired) electrons. The fourth-order valence-electron chi connectivity index (χ4n) is 2.69. The normalized spacial score (nSPS) is 10.6. The van der Waals surface area contributed by atoms with Crippen molar-refractivity contribution in [1.82, 2.24) is 14.8 Å². The van der Waals surface area contributed by atoms with Crippen LogP contribution >= 0.6 is 0 Å². The number of carboxylic acids is 2. The molecule has 0 atom stereocenters. The van der Waals surface area contributed by atoms with E-state index in [-0.39, 0.29) is 11.1 Å². The fourth-order valence-corrected chi connectivity index (χ4v) is 2.69. The zero-order valence-electron chi connectivity index (χ0n) is 13.3. The van der Waals surface area contributed by atoms with Gasteiger partial charge in [0.15, 0.2) is 0 Å². The topological polar surface area (TPSA) is 151 Å². The number of rotatable bonds is 5. The van der Waals surface area contributed by atoms with E-state index in [0.29, 0.717) is 6.54 Å². The van der Waals surface area contributed by atoms with Crippen LogP contribution in [-0.4, -0.2) is 36.9 Å². The number of hydrogen-bond donors (Lipinski definition) is 4. The lowest BCUT2D eigenvalue weighted by Gasteiger charge is -2.12. The number of carbonyl (C=O) groups is 2. The summed E-state index contributed by atoms with van der Waals surface area (Å²) in [6.45, 7) is 0.488. The zero-order chi connectivity index (χ0) is 18.8. The highest BCUT2D eigenvalue weighted by Crippen LogP contribution is 2.29. The Hall–Kier alpha value is -3.88. The summed E-state index contributed by atoms with van der Waals surface area (Å²) >= 11 is 0. The molecule has 0 fully saturated rings. The summed E-state index contributed by atoms with van der Waals surface area (Å²) in [5.41, 5.74) is 4.43. The van der Waals surface area contributed by atoms with Gasteiger partial charge in [-0.05, 0) is 17.2 Å². The number of hydrogen-bond acceptors (Lipinski definition) is 5. The van der Waals surface area contributed by atoms with Gasteiger partial charge in [-0.15, -0.1) is 0 Å². The number of benzene rings is 1. The molecule has 5 N–H and O–H groups in total. The van der Waals surface area contributed by atoms with Crippen molar-refractivity contribution in [3.63, 3.8) is 0 Å². The van der Waals surface area contributed by atoms with Gasteiger partial charge in [0.25, 0.3) is 5.56 Å². The molecule has 2 heterocycles. The van der Waals surface area contributed by atoms with Crippen molar-refractivity contribution in [2.24, 2.45) is 0 Å². The van der Waals surface area contributed by atoms with Crippen LogP contribution in [0.4, 0.5) is 5.82 Å². The Labute approximate surface area is 146 Å². The van der Waals surface area contributed by atoms with E-state index in [1.807, 2.05) is 0 Å². The van der Waals surface area contributed by atoms with Crippen molar-refractivity contribution in [2.45, 2.75) is 6.54 Å². The van der Waals surface area contributed by atoms with Gasteiger partial charge in [0.05, 0.1) is 6.54 Å². The van der Waals surface area contributed by atoms with Crippen LogP contribution in [0.5, 0.6) is 0 Å². The lowest BCUT2D eigenvalue weighted by molar-refractivity contribution is 0.0695. The van der Waals surface area contributed by atoms with Gasteiger partial charge in [0, 0.05) is 18.0 Å². The molecule has 9 nitrogen and oxygen atoms in total. The first kappa shape index (κ1) is 17.0. The Morgan fingerprint density at radius 2 is 1.77 bits per heavy atom.